The molecule has 0 atom stereocenters. The molecule has 0 fully saturated rings. The van der Waals surface area contributed by atoms with Crippen molar-refractivity contribution in [2.45, 2.75) is 84.9 Å². The van der Waals surface area contributed by atoms with E-state index in [1.807, 2.05) is 77.3 Å². The molecule has 0 unspecified atom stereocenters. The first-order chi connectivity index (χ1) is 19.2. The molecule has 8 heteroatoms. The molecule has 0 amide bonds. The highest BCUT2D eigenvalue weighted by molar-refractivity contribution is 7.98. The summed E-state index contributed by atoms with van der Waals surface area (Å²) in [5, 5.41) is 19.3. The van der Waals surface area contributed by atoms with Crippen molar-refractivity contribution in [3.05, 3.63) is 76.6 Å². The molecule has 0 bridgehead atoms. The summed E-state index contributed by atoms with van der Waals surface area (Å²) in [5.41, 5.74) is 3.92. The Hall–Kier alpha value is -3.57. The number of rotatable bonds is 12. The highest BCUT2D eigenvalue weighted by Gasteiger charge is 2.25. The molecule has 1 aromatic heterocycles. The number of thioether (sulfide) groups is 1. The molecule has 3 rings (SSSR count). The minimum Gasteiger partial charge on any atom is -0.492 e. The zero-order valence-electron chi connectivity index (χ0n) is 25.1. The summed E-state index contributed by atoms with van der Waals surface area (Å²) in [5.74, 6) is 0.496. The van der Waals surface area contributed by atoms with E-state index in [1.54, 1.807) is 6.20 Å². The van der Waals surface area contributed by atoms with E-state index in [2.05, 4.69) is 36.0 Å². The molecular formula is C32H43N3O4S. The molecule has 2 aromatic carbocycles. The van der Waals surface area contributed by atoms with Crippen molar-refractivity contribution in [3.8, 4) is 17.6 Å². The second-order valence-corrected chi connectivity index (χ2v) is 9.73. The zero-order valence-corrected chi connectivity index (χ0v) is 25.9. The van der Waals surface area contributed by atoms with Crippen molar-refractivity contribution in [1.82, 2.24) is 9.97 Å². The van der Waals surface area contributed by atoms with E-state index in [1.165, 1.54) is 11.8 Å². The van der Waals surface area contributed by atoms with E-state index in [9.17, 15) is 10.1 Å². The number of carboxylic acid groups (broad SMARTS) is 1. The maximum absolute atomic E-state index is 10.7. The summed E-state index contributed by atoms with van der Waals surface area (Å²) in [6, 6.07) is 16.0. The lowest BCUT2D eigenvalue weighted by Crippen LogP contribution is -2.19. The Bertz CT molecular complexity index is 1240. The number of hydrogen-bond donors (Lipinski definition) is 1. The number of unbranched alkanes of at least 4 members (excludes halogenated alkanes) is 1. The number of aromatic nitrogens is 2. The molecule has 216 valence electrons. The summed E-state index contributed by atoms with van der Waals surface area (Å²) in [6.07, 6.45) is 4.95. The van der Waals surface area contributed by atoms with Gasteiger partial charge < -0.3 is 14.6 Å². The number of ether oxygens (including phenoxy) is 2. The predicted molar refractivity (Wildman–Crippen MR) is 162 cm³/mol. The maximum Gasteiger partial charge on any atom is 0.303 e. The van der Waals surface area contributed by atoms with Crippen LogP contribution in [0.4, 0.5) is 0 Å². The molecule has 0 aliphatic rings. The third kappa shape index (κ3) is 10.2. The molecule has 1 N–H and O–H groups in total. The number of aliphatic carboxylic acids is 1. The summed E-state index contributed by atoms with van der Waals surface area (Å²) in [6.45, 7) is 14.9. The number of benzene rings is 2. The van der Waals surface area contributed by atoms with Crippen LogP contribution in [0.2, 0.25) is 0 Å². The van der Waals surface area contributed by atoms with Crippen LogP contribution in [0.25, 0.3) is 0 Å². The van der Waals surface area contributed by atoms with Gasteiger partial charge in [-0.3, -0.25) is 4.79 Å². The van der Waals surface area contributed by atoms with Crippen molar-refractivity contribution >= 4 is 17.7 Å². The summed E-state index contributed by atoms with van der Waals surface area (Å²) < 4.78 is 11.8. The van der Waals surface area contributed by atoms with E-state index in [0.29, 0.717) is 37.4 Å². The van der Waals surface area contributed by atoms with Crippen LogP contribution in [0.3, 0.4) is 0 Å². The monoisotopic (exact) mass is 565 g/mol. The molecule has 40 heavy (non-hydrogen) atoms. The SMILES string of the molecule is CC.CC.CSc1nccc(COc2ccc(C(C)(C)c3cc(C)c(OCCCCC(=O)O)c(C#N)c3)cc2)n1. The standard InChI is InChI=1S/C28H31N3O4S.2C2H6/c1-19-15-22(16-20(17-29)26(19)34-14-6-5-7-25(32)33)28(2,3)21-8-10-24(11-9-21)35-18-23-12-13-30-27(31-23)36-4;2*1-2/h8-13,15-16H,5-7,14,18H2,1-4H3,(H,32,33);2*1-2H3. The van der Waals surface area contributed by atoms with Gasteiger partial charge in [-0.05, 0) is 67.0 Å². The van der Waals surface area contributed by atoms with Crippen LogP contribution in [0.1, 0.15) is 88.8 Å². The highest BCUT2D eigenvalue weighted by atomic mass is 32.2. The fraction of sp³-hybridized carbons (Fsp3) is 0.438. The van der Waals surface area contributed by atoms with Gasteiger partial charge in [0.1, 0.15) is 24.2 Å². The average Bonchev–Trinajstić information content (AvgIpc) is 2.98. The van der Waals surface area contributed by atoms with Crippen LogP contribution in [0.5, 0.6) is 11.5 Å². The van der Waals surface area contributed by atoms with Crippen molar-refractivity contribution in [2.75, 3.05) is 12.9 Å². The summed E-state index contributed by atoms with van der Waals surface area (Å²) >= 11 is 1.49. The molecule has 0 aliphatic carbocycles. The Kier molecular flexibility index (Phi) is 15.4. The number of carbonyl (C=O) groups is 1. The quantitative estimate of drug-likeness (QED) is 0.134. The number of aryl methyl sites for hydroxylation is 1. The smallest absolute Gasteiger partial charge is 0.303 e. The van der Waals surface area contributed by atoms with Gasteiger partial charge in [-0.15, -0.1) is 0 Å². The first-order valence-corrected chi connectivity index (χ1v) is 15.0. The lowest BCUT2D eigenvalue weighted by Gasteiger charge is -2.27. The second-order valence-electron chi connectivity index (χ2n) is 8.95. The van der Waals surface area contributed by atoms with Crippen LogP contribution in [0.15, 0.2) is 53.8 Å². The van der Waals surface area contributed by atoms with Crippen LogP contribution in [-0.4, -0.2) is 33.9 Å². The molecule has 1 heterocycles. The normalized spacial score (nSPS) is 10.3. The van der Waals surface area contributed by atoms with Crippen molar-refractivity contribution in [2.24, 2.45) is 0 Å². The number of carboxylic acids is 1. The first kappa shape index (κ1) is 34.5. The van der Waals surface area contributed by atoms with Crippen LogP contribution < -0.4 is 9.47 Å². The minimum atomic E-state index is -0.814. The van der Waals surface area contributed by atoms with E-state index in [0.717, 1.165) is 33.3 Å². The average molecular weight is 566 g/mol. The Morgan fingerprint density at radius 2 is 1.70 bits per heavy atom. The molecule has 0 saturated heterocycles. The fourth-order valence-electron chi connectivity index (χ4n) is 3.81. The molecule has 3 aromatic rings. The molecular weight excluding hydrogens is 522 g/mol. The molecule has 7 nitrogen and oxygen atoms in total. The minimum absolute atomic E-state index is 0.115. The van der Waals surface area contributed by atoms with Gasteiger partial charge in [0.25, 0.3) is 0 Å². The van der Waals surface area contributed by atoms with Gasteiger partial charge in [0, 0.05) is 18.0 Å². The van der Waals surface area contributed by atoms with Gasteiger partial charge in [-0.2, -0.15) is 5.26 Å². The Morgan fingerprint density at radius 1 is 1.02 bits per heavy atom. The van der Waals surface area contributed by atoms with Gasteiger partial charge in [-0.1, -0.05) is 71.5 Å². The zero-order chi connectivity index (χ0) is 30.1. The van der Waals surface area contributed by atoms with Crippen LogP contribution in [0, 0.1) is 18.3 Å². The Morgan fingerprint density at radius 3 is 2.30 bits per heavy atom. The van der Waals surface area contributed by atoms with Crippen LogP contribution >= 0.6 is 11.8 Å². The third-order valence-electron chi connectivity index (χ3n) is 5.98. The van der Waals surface area contributed by atoms with E-state index in [-0.39, 0.29) is 11.8 Å². The molecule has 0 spiro atoms. The Labute approximate surface area is 244 Å². The van der Waals surface area contributed by atoms with E-state index in [4.69, 9.17) is 14.6 Å². The van der Waals surface area contributed by atoms with Gasteiger partial charge >= 0.3 is 5.97 Å². The fourth-order valence-corrected chi connectivity index (χ4v) is 4.18. The molecule has 0 saturated carbocycles. The van der Waals surface area contributed by atoms with Crippen LogP contribution in [-0.2, 0) is 16.8 Å². The predicted octanol–water partition coefficient (Wildman–Crippen LogP) is 7.97. The second kappa shape index (κ2) is 17.9. The Balaban J connectivity index is 0.00000191. The number of nitrogens with zero attached hydrogens (tertiary/aromatic N) is 3. The maximum atomic E-state index is 10.7. The van der Waals surface area contributed by atoms with Gasteiger partial charge in [0.2, 0.25) is 0 Å². The van der Waals surface area contributed by atoms with Gasteiger partial charge in [0.05, 0.1) is 17.9 Å². The molecule has 0 aliphatic heterocycles. The van der Waals surface area contributed by atoms with E-state index >= 15 is 0 Å². The highest BCUT2D eigenvalue weighted by Crippen LogP contribution is 2.36. The lowest BCUT2D eigenvalue weighted by atomic mass is 9.77. The topological polar surface area (TPSA) is 105 Å². The molecule has 0 radical (unpaired) electrons. The number of nitriles is 1. The summed E-state index contributed by atoms with van der Waals surface area (Å²) in [4.78, 5) is 19.3. The first-order valence-electron chi connectivity index (χ1n) is 13.7. The number of hydrogen-bond acceptors (Lipinski definition) is 7. The van der Waals surface area contributed by atoms with Crippen molar-refractivity contribution < 1.29 is 19.4 Å². The largest absolute Gasteiger partial charge is 0.492 e. The van der Waals surface area contributed by atoms with E-state index < -0.39 is 5.97 Å². The summed E-state index contributed by atoms with van der Waals surface area (Å²) in [7, 11) is 0. The van der Waals surface area contributed by atoms with Gasteiger partial charge in [-0.25, -0.2) is 9.97 Å². The third-order valence-corrected chi connectivity index (χ3v) is 6.55. The lowest BCUT2D eigenvalue weighted by molar-refractivity contribution is -0.137. The van der Waals surface area contributed by atoms with Gasteiger partial charge in [0.15, 0.2) is 5.16 Å². The van der Waals surface area contributed by atoms with Crippen molar-refractivity contribution in [3.63, 3.8) is 0 Å². The van der Waals surface area contributed by atoms with Crippen molar-refractivity contribution in [1.29, 1.82) is 5.26 Å².